The molecule has 2 amide bonds. The van der Waals surface area contributed by atoms with Gasteiger partial charge in [0.1, 0.15) is 6.04 Å². The number of methoxy groups -OCH3 is 2. The largest absolute Gasteiger partial charge is 0.480 e. The van der Waals surface area contributed by atoms with Crippen molar-refractivity contribution in [2.45, 2.75) is 18.9 Å². The van der Waals surface area contributed by atoms with Crippen LogP contribution in [0.5, 0.6) is 0 Å². The highest BCUT2D eigenvalue weighted by molar-refractivity contribution is 5.83. The predicted molar refractivity (Wildman–Crippen MR) is 71.7 cm³/mol. The first kappa shape index (κ1) is 19.1. The number of carboxylic acid groups (broad SMARTS) is 1. The van der Waals surface area contributed by atoms with E-state index < -0.39 is 24.0 Å². The molecule has 3 N–H and O–H groups in total. The molecule has 0 heterocycles. The Morgan fingerprint density at radius 2 is 1.90 bits per heavy atom. The molecule has 9 heteroatoms. The van der Waals surface area contributed by atoms with E-state index in [1.807, 2.05) is 0 Å². The fourth-order valence-electron chi connectivity index (χ4n) is 1.50. The van der Waals surface area contributed by atoms with E-state index in [0.717, 1.165) is 0 Å². The molecule has 0 rings (SSSR count). The van der Waals surface area contributed by atoms with Gasteiger partial charge in [-0.3, -0.25) is 4.79 Å². The minimum Gasteiger partial charge on any atom is -0.480 e. The van der Waals surface area contributed by atoms with Gasteiger partial charge in [-0.2, -0.15) is 0 Å². The average molecular weight is 306 g/mol. The summed E-state index contributed by atoms with van der Waals surface area (Å²) in [5, 5.41) is 20.2. The van der Waals surface area contributed by atoms with Crippen LogP contribution >= 0.6 is 0 Å². The Balaban J connectivity index is 4.54. The van der Waals surface area contributed by atoms with Crippen LogP contribution in [0.1, 0.15) is 12.8 Å². The second kappa shape index (κ2) is 10.9. The maximum atomic E-state index is 11.9. The molecular formula is C12H22N2O7. The Hall–Kier alpha value is -1.87. The maximum Gasteiger partial charge on any atom is 0.326 e. The molecule has 0 unspecified atom stereocenters. The topological polar surface area (TPSA) is 125 Å². The van der Waals surface area contributed by atoms with Crippen LogP contribution < -0.4 is 5.32 Å². The van der Waals surface area contributed by atoms with Gasteiger partial charge in [0, 0.05) is 26.6 Å². The van der Waals surface area contributed by atoms with Crippen molar-refractivity contribution in [3.8, 4) is 0 Å². The van der Waals surface area contributed by atoms with Gasteiger partial charge < -0.3 is 29.9 Å². The van der Waals surface area contributed by atoms with Gasteiger partial charge in [-0.05, 0) is 6.42 Å². The minimum atomic E-state index is -1.25. The van der Waals surface area contributed by atoms with E-state index in [0.29, 0.717) is 0 Å². The second-order valence-electron chi connectivity index (χ2n) is 4.16. The molecule has 1 atom stereocenters. The number of nitrogens with one attached hydrogen (secondary N) is 1. The molecule has 0 aromatic heterocycles. The maximum absolute atomic E-state index is 11.9. The van der Waals surface area contributed by atoms with Gasteiger partial charge in [-0.15, -0.1) is 0 Å². The molecular weight excluding hydrogens is 284 g/mol. The fraction of sp³-hybridized carbons (Fsp3) is 0.750. The van der Waals surface area contributed by atoms with Crippen LogP contribution in [0.4, 0.5) is 4.79 Å². The van der Waals surface area contributed by atoms with Crippen molar-refractivity contribution >= 4 is 18.0 Å². The third kappa shape index (κ3) is 8.10. The molecule has 0 aliphatic carbocycles. The number of carbonyl (C=O) groups excluding carboxylic acids is 2. The molecule has 0 aliphatic heterocycles. The molecule has 122 valence electrons. The highest BCUT2D eigenvalue weighted by atomic mass is 16.5. The van der Waals surface area contributed by atoms with Crippen LogP contribution in [0.15, 0.2) is 0 Å². The number of ether oxygens (including phenoxy) is 2. The summed E-state index contributed by atoms with van der Waals surface area (Å²) >= 11 is 0. The van der Waals surface area contributed by atoms with Gasteiger partial charge in [0.25, 0.3) is 0 Å². The van der Waals surface area contributed by atoms with Gasteiger partial charge in [0.2, 0.25) is 0 Å². The number of hydrogen-bond donors (Lipinski definition) is 3. The van der Waals surface area contributed by atoms with Crippen molar-refractivity contribution in [1.82, 2.24) is 10.2 Å². The van der Waals surface area contributed by atoms with E-state index in [4.69, 9.17) is 14.9 Å². The van der Waals surface area contributed by atoms with Crippen LogP contribution in [0.3, 0.4) is 0 Å². The number of carboxylic acids is 1. The summed E-state index contributed by atoms with van der Waals surface area (Å²) in [6, 6.07) is -1.85. The van der Waals surface area contributed by atoms with Gasteiger partial charge in [0.15, 0.2) is 0 Å². The number of aliphatic carboxylic acids is 1. The average Bonchev–Trinajstić information content (AvgIpc) is 2.46. The van der Waals surface area contributed by atoms with E-state index in [-0.39, 0.29) is 39.1 Å². The molecule has 0 fully saturated rings. The summed E-state index contributed by atoms with van der Waals surface area (Å²) < 4.78 is 9.25. The minimum absolute atomic E-state index is 0.0541. The monoisotopic (exact) mass is 306 g/mol. The van der Waals surface area contributed by atoms with Gasteiger partial charge in [-0.1, -0.05) is 0 Å². The Morgan fingerprint density at radius 3 is 2.38 bits per heavy atom. The Kier molecular flexibility index (Phi) is 9.90. The van der Waals surface area contributed by atoms with E-state index in [2.05, 4.69) is 10.1 Å². The smallest absolute Gasteiger partial charge is 0.326 e. The van der Waals surface area contributed by atoms with Crippen molar-refractivity contribution in [2.24, 2.45) is 0 Å². The SMILES string of the molecule is COCCN(CCO)C(=O)N[C@@H](CCC(=O)OC)C(=O)O. The lowest BCUT2D eigenvalue weighted by Crippen LogP contribution is -2.49. The summed E-state index contributed by atoms with van der Waals surface area (Å²) in [6.07, 6.45) is -0.198. The van der Waals surface area contributed by atoms with Crippen molar-refractivity contribution in [2.75, 3.05) is 40.5 Å². The standard InChI is InChI=1S/C12H22N2O7/c1-20-8-6-14(5-7-15)12(19)13-9(11(17)18)3-4-10(16)21-2/h9,15H,3-8H2,1-2H3,(H,13,19)(H,17,18)/t9-/m0/s1. The fourth-order valence-corrected chi connectivity index (χ4v) is 1.50. The van der Waals surface area contributed by atoms with Crippen LogP contribution in [-0.4, -0.2) is 79.6 Å². The molecule has 0 aromatic carbocycles. The summed E-state index contributed by atoms with van der Waals surface area (Å²) in [5.74, 6) is -1.80. The lowest BCUT2D eigenvalue weighted by atomic mass is 10.1. The van der Waals surface area contributed by atoms with Crippen molar-refractivity contribution in [1.29, 1.82) is 0 Å². The zero-order valence-corrected chi connectivity index (χ0v) is 12.2. The van der Waals surface area contributed by atoms with E-state index in [1.54, 1.807) is 0 Å². The number of aliphatic hydroxyl groups is 1. The first-order valence-electron chi connectivity index (χ1n) is 6.41. The number of hydrogen-bond acceptors (Lipinski definition) is 6. The number of esters is 1. The quantitative estimate of drug-likeness (QED) is 0.444. The summed E-state index contributed by atoms with van der Waals surface area (Å²) in [5.41, 5.74) is 0. The number of aliphatic hydroxyl groups excluding tert-OH is 1. The molecule has 0 radical (unpaired) electrons. The number of rotatable bonds is 10. The molecule has 0 saturated carbocycles. The van der Waals surface area contributed by atoms with Crippen molar-refractivity contribution in [3.05, 3.63) is 0 Å². The normalized spacial score (nSPS) is 11.6. The second-order valence-corrected chi connectivity index (χ2v) is 4.16. The van der Waals surface area contributed by atoms with E-state index >= 15 is 0 Å². The number of nitrogens with zero attached hydrogens (tertiary/aromatic N) is 1. The number of amides is 2. The van der Waals surface area contributed by atoms with E-state index in [1.165, 1.54) is 19.1 Å². The first-order valence-corrected chi connectivity index (χ1v) is 6.41. The molecule has 0 spiro atoms. The van der Waals surface area contributed by atoms with Crippen LogP contribution in [0, 0.1) is 0 Å². The molecule has 0 aromatic rings. The Labute approximate surface area is 122 Å². The molecule has 0 bridgehead atoms. The lowest BCUT2D eigenvalue weighted by Gasteiger charge is -2.24. The van der Waals surface area contributed by atoms with Crippen LogP contribution in [0.25, 0.3) is 0 Å². The van der Waals surface area contributed by atoms with Crippen LogP contribution in [0.2, 0.25) is 0 Å². The highest BCUT2D eigenvalue weighted by Gasteiger charge is 2.23. The lowest BCUT2D eigenvalue weighted by molar-refractivity contribution is -0.142. The van der Waals surface area contributed by atoms with Gasteiger partial charge in [0.05, 0.1) is 20.3 Å². The van der Waals surface area contributed by atoms with Gasteiger partial charge in [-0.25, -0.2) is 9.59 Å². The van der Waals surface area contributed by atoms with Gasteiger partial charge >= 0.3 is 18.0 Å². The zero-order chi connectivity index (χ0) is 16.3. The first-order chi connectivity index (χ1) is 9.96. The molecule has 9 nitrogen and oxygen atoms in total. The molecule has 0 aliphatic rings. The van der Waals surface area contributed by atoms with Crippen molar-refractivity contribution < 1.29 is 34.1 Å². The predicted octanol–water partition coefficient (Wildman–Crippen LogP) is -0.957. The van der Waals surface area contributed by atoms with E-state index in [9.17, 15) is 14.4 Å². The third-order valence-corrected chi connectivity index (χ3v) is 2.68. The molecule has 0 saturated heterocycles. The van der Waals surface area contributed by atoms with Crippen LogP contribution in [-0.2, 0) is 19.1 Å². The van der Waals surface area contributed by atoms with Crippen molar-refractivity contribution in [3.63, 3.8) is 0 Å². The summed E-state index contributed by atoms with van der Waals surface area (Å²) in [4.78, 5) is 35.3. The summed E-state index contributed by atoms with van der Waals surface area (Å²) in [6.45, 7) is 0.273. The highest BCUT2D eigenvalue weighted by Crippen LogP contribution is 2.01. The zero-order valence-electron chi connectivity index (χ0n) is 12.2. The third-order valence-electron chi connectivity index (χ3n) is 2.68. The summed E-state index contributed by atoms with van der Waals surface area (Å²) in [7, 11) is 2.66. The Bertz CT molecular complexity index is 348. The molecule has 21 heavy (non-hydrogen) atoms. The Morgan fingerprint density at radius 1 is 1.24 bits per heavy atom. The number of carbonyl (C=O) groups is 3. The number of urea groups is 1.